The first-order valence-corrected chi connectivity index (χ1v) is 8.05. The quantitative estimate of drug-likeness (QED) is 0.730. The van der Waals surface area contributed by atoms with Crippen LogP contribution >= 0.6 is 11.6 Å². The van der Waals surface area contributed by atoms with E-state index in [-0.39, 0.29) is 12.3 Å². The maximum absolute atomic E-state index is 12.0. The van der Waals surface area contributed by atoms with Gasteiger partial charge in [0.1, 0.15) is 0 Å². The Balaban J connectivity index is 1.95. The molecular formula is C16H18ClN3O5. The van der Waals surface area contributed by atoms with Gasteiger partial charge in [-0.3, -0.25) is 19.3 Å². The maximum Gasteiger partial charge on any atom is 0.312 e. The number of carbonyl (C=O) groups excluding carboxylic acids is 4. The molecule has 134 valence electrons. The molecule has 3 N–H and O–H groups in total. The molecule has 1 fully saturated rings. The number of imide groups is 1. The van der Waals surface area contributed by atoms with Crippen LogP contribution in [0.25, 0.3) is 0 Å². The van der Waals surface area contributed by atoms with Gasteiger partial charge >= 0.3 is 12.0 Å². The molecule has 0 aliphatic carbocycles. The number of rotatable bonds is 6. The highest BCUT2D eigenvalue weighted by Gasteiger charge is 2.27. The molecule has 0 unspecified atom stereocenters. The van der Waals surface area contributed by atoms with Crippen LogP contribution in [0.1, 0.15) is 30.9 Å². The molecule has 1 aliphatic heterocycles. The number of halogens is 1. The first-order valence-electron chi connectivity index (χ1n) is 7.67. The van der Waals surface area contributed by atoms with Crippen molar-refractivity contribution in [2.75, 3.05) is 13.2 Å². The summed E-state index contributed by atoms with van der Waals surface area (Å²) in [4.78, 5) is 47.6. The Bertz CT molecular complexity index is 694. The second kappa shape index (κ2) is 8.48. The van der Waals surface area contributed by atoms with Crippen LogP contribution in [-0.4, -0.2) is 41.9 Å². The van der Waals surface area contributed by atoms with Crippen LogP contribution < -0.4 is 11.1 Å². The summed E-state index contributed by atoms with van der Waals surface area (Å²) in [6.45, 7) is -0.197. The van der Waals surface area contributed by atoms with Crippen LogP contribution in [0.5, 0.6) is 0 Å². The lowest BCUT2D eigenvalue weighted by Crippen LogP contribution is -2.37. The molecule has 1 aromatic rings. The number of hydrogen-bond acceptors (Lipinski definition) is 5. The number of ether oxygens (including phenoxy) is 1. The lowest BCUT2D eigenvalue weighted by molar-refractivity contribution is -0.155. The summed E-state index contributed by atoms with van der Waals surface area (Å²) in [5, 5.41) is 2.78. The van der Waals surface area contributed by atoms with Crippen molar-refractivity contribution in [3.63, 3.8) is 0 Å². The summed E-state index contributed by atoms with van der Waals surface area (Å²) in [5.74, 6) is -1.56. The molecule has 1 atom stereocenters. The molecule has 0 radical (unpaired) electrons. The number of amides is 4. The van der Waals surface area contributed by atoms with E-state index in [1.807, 2.05) is 0 Å². The first-order chi connectivity index (χ1) is 11.9. The molecule has 1 heterocycles. The third-order valence-corrected chi connectivity index (χ3v) is 4.04. The summed E-state index contributed by atoms with van der Waals surface area (Å²) < 4.78 is 4.92. The molecule has 1 aliphatic rings. The number of likely N-dealkylation sites (tertiary alicyclic amines) is 1. The number of esters is 1. The molecular weight excluding hydrogens is 350 g/mol. The van der Waals surface area contributed by atoms with Gasteiger partial charge in [0.15, 0.2) is 6.61 Å². The van der Waals surface area contributed by atoms with E-state index in [2.05, 4.69) is 5.32 Å². The minimum Gasteiger partial charge on any atom is -0.455 e. The average Bonchev–Trinajstić information content (AvgIpc) is 2.98. The Hall–Kier alpha value is -2.61. The van der Waals surface area contributed by atoms with E-state index in [1.165, 1.54) is 0 Å². The Morgan fingerprint density at radius 3 is 2.64 bits per heavy atom. The van der Waals surface area contributed by atoms with Crippen molar-refractivity contribution in [1.82, 2.24) is 10.2 Å². The molecule has 1 aromatic carbocycles. The van der Waals surface area contributed by atoms with Crippen LogP contribution in [0.15, 0.2) is 24.3 Å². The molecule has 9 heteroatoms. The molecule has 0 bridgehead atoms. The Labute approximate surface area is 149 Å². The monoisotopic (exact) mass is 367 g/mol. The van der Waals surface area contributed by atoms with Crippen molar-refractivity contribution in [2.45, 2.75) is 25.3 Å². The predicted octanol–water partition coefficient (Wildman–Crippen LogP) is 1.13. The van der Waals surface area contributed by atoms with E-state index >= 15 is 0 Å². The Kier molecular flexibility index (Phi) is 6.35. The average molecular weight is 368 g/mol. The van der Waals surface area contributed by atoms with E-state index in [4.69, 9.17) is 22.1 Å². The molecule has 4 amide bonds. The molecule has 8 nitrogen and oxygen atoms in total. The number of benzene rings is 1. The van der Waals surface area contributed by atoms with E-state index in [0.717, 1.165) is 4.90 Å². The van der Waals surface area contributed by atoms with Gasteiger partial charge < -0.3 is 15.8 Å². The first kappa shape index (κ1) is 18.7. The van der Waals surface area contributed by atoms with Crippen molar-refractivity contribution < 1.29 is 23.9 Å². The fraction of sp³-hybridized carbons (Fsp3) is 0.375. The van der Waals surface area contributed by atoms with Gasteiger partial charge in [-0.2, -0.15) is 0 Å². The summed E-state index contributed by atoms with van der Waals surface area (Å²) in [6.07, 6.45) is 0.667. The Morgan fingerprint density at radius 1 is 1.32 bits per heavy atom. The molecule has 1 saturated heterocycles. The van der Waals surface area contributed by atoms with Crippen LogP contribution in [-0.2, 0) is 19.1 Å². The highest BCUT2D eigenvalue weighted by atomic mass is 35.5. The highest BCUT2D eigenvalue weighted by molar-refractivity contribution is 6.31. The summed E-state index contributed by atoms with van der Waals surface area (Å²) in [5.41, 5.74) is 5.63. The molecule has 2 rings (SSSR count). The second-order valence-corrected chi connectivity index (χ2v) is 5.90. The van der Waals surface area contributed by atoms with Gasteiger partial charge in [0.2, 0.25) is 5.91 Å². The number of primary amides is 1. The van der Waals surface area contributed by atoms with Crippen LogP contribution in [0.4, 0.5) is 4.79 Å². The third-order valence-electron chi connectivity index (χ3n) is 3.70. The topological polar surface area (TPSA) is 119 Å². The number of nitrogens with zero attached hydrogens (tertiary/aromatic N) is 1. The normalized spacial score (nSPS) is 14.9. The number of hydrogen-bond donors (Lipinski definition) is 2. The van der Waals surface area contributed by atoms with Crippen molar-refractivity contribution >= 4 is 35.4 Å². The molecule has 0 saturated carbocycles. The SMILES string of the molecule is NC(=O)N[C@@H](CC(=O)OCC(=O)N1CCCC1=O)c1ccccc1Cl. The largest absolute Gasteiger partial charge is 0.455 e. The van der Waals surface area contributed by atoms with Gasteiger partial charge in [-0.1, -0.05) is 29.8 Å². The van der Waals surface area contributed by atoms with Crippen molar-refractivity contribution in [3.8, 4) is 0 Å². The fourth-order valence-corrected chi connectivity index (χ4v) is 2.79. The summed E-state index contributed by atoms with van der Waals surface area (Å²) in [6, 6.07) is 5.05. The zero-order valence-electron chi connectivity index (χ0n) is 13.4. The van der Waals surface area contributed by atoms with Gasteiger partial charge in [-0.25, -0.2) is 4.79 Å². The van der Waals surface area contributed by atoms with Gasteiger partial charge in [0.25, 0.3) is 5.91 Å². The summed E-state index contributed by atoms with van der Waals surface area (Å²) in [7, 11) is 0. The van der Waals surface area contributed by atoms with E-state index in [1.54, 1.807) is 24.3 Å². The molecule has 0 spiro atoms. The molecule has 0 aromatic heterocycles. The van der Waals surface area contributed by atoms with E-state index in [9.17, 15) is 19.2 Å². The second-order valence-electron chi connectivity index (χ2n) is 5.49. The smallest absolute Gasteiger partial charge is 0.312 e. The van der Waals surface area contributed by atoms with E-state index in [0.29, 0.717) is 30.0 Å². The Morgan fingerprint density at radius 2 is 2.04 bits per heavy atom. The third kappa shape index (κ3) is 5.18. The molecule has 25 heavy (non-hydrogen) atoms. The minimum absolute atomic E-state index is 0.256. The fourth-order valence-electron chi connectivity index (χ4n) is 2.53. The van der Waals surface area contributed by atoms with Crippen molar-refractivity contribution in [2.24, 2.45) is 5.73 Å². The van der Waals surface area contributed by atoms with Gasteiger partial charge in [0, 0.05) is 18.0 Å². The number of carbonyl (C=O) groups is 4. The number of nitrogens with one attached hydrogen (secondary N) is 1. The minimum atomic E-state index is -0.823. The van der Waals surface area contributed by atoms with Gasteiger partial charge in [-0.15, -0.1) is 0 Å². The summed E-state index contributed by atoms with van der Waals surface area (Å²) >= 11 is 6.07. The number of urea groups is 1. The van der Waals surface area contributed by atoms with Crippen molar-refractivity contribution in [1.29, 1.82) is 0 Å². The predicted molar refractivity (Wildman–Crippen MR) is 88.4 cm³/mol. The number of nitrogens with two attached hydrogens (primary N) is 1. The van der Waals surface area contributed by atoms with Gasteiger partial charge in [-0.05, 0) is 18.1 Å². The zero-order valence-corrected chi connectivity index (χ0v) is 14.1. The van der Waals surface area contributed by atoms with Gasteiger partial charge in [0.05, 0.1) is 12.5 Å². The zero-order chi connectivity index (χ0) is 18.4. The van der Waals surface area contributed by atoms with Crippen molar-refractivity contribution in [3.05, 3.63) is 34.9 Å². The lowest BCUT2D eigenvalue weighted by Gasteiger charge is -2.19. The maximum atomic E-state index is 12.0. The highest BCUT2D eigenvalue weighted by Crippen LogP contribution is 2.25. The van der Waals surface area contributed by atoms with Crippen LogP contribution in [0, 0.1) is 0 Å². The van der Waals surface area contributed by atoms with Crippen LogP contribution in [0.3, 0.4) is 0 Å². The van der Waals surface area contributed by atoms with Crippen LogP contribution in [0.2, 0.25) is 5.02 Å². The standard InChI is InChI=1S/C16H18ClN3O5/c17-11-5-2-1-4-10(11)12(19-16(18)24)8-15(23)25-9-14(22)20-7-3-6-13(20)21/h1-2,4-5,12H,3,6-9H2,(H3,18,19,24)/t12-/m0/s1. The lowest BCUT2D eigenvalue weighted by atomic mass is 10.0. The van der Waals surface area contributed by atoms with E-state index < -0.39 is 30.6 Å².